The summed E-state index contributed by atoms with van der Waals surface area (Å²) in [5, 5.41) is 0. The molecule has 0 radical (unpaired) electrons. The van der Waals surface area contributed by atoms with Crippen molar-refractivity contribution < 1.29 is 4.74 Å². The average molecular weight is 200 g/mol. The Morgan fingerprint density at radius 1 is 1.36 bits per heavy atom. The lowest BCUT2D eigenvalue weighted by atomic mass is 9.95. The molecule has 2 atom stereocenters. The maximum Gasteiger partial charge on any atom is 0.0695 e. The molecule has 0 spiro atoms. The Balaban J connectivity index is 2.33. The van der Waals surface area contributed by atoms with E-state index in [1.807, 2.05) is 0 Å². The number of rotatable bonds is 4. The predicted molar refractivity (Wildman–Crippen MR) is 59.3 cm³/mol. The number of hydrogen-bond acceptors (Lipinski definition) is 3. The van der Waals surface area contributed by atoms with Gasteiger partial charge in [-0.1, -0.05) is 0 Å². The molecule has 0 amide bonds. The highest BCUT2D eigenvalue weighted by Crippen LogP contribution is 2.19. The molecule has 3 heteroatoms. The zero-order chi connectivity index (χ0) is 10.6. The van der Waals surface area contributed by atoms with E-state index in [0.717, 1.165) is 12.5 Å². The van der Waals surface area contributed by atoms with Gasteiger partial charge in [0.1, 0.15) is 0 Å². The summed E-state index contributed by atoms with van der Waals surface area (Å²) in [4.78, 5) is 2.51. The third-order valence-electron chi connectivity index (χ3n) is 3.61. The fourth-order valence-corrected chi connectivity index (χ4v) is 2.09. The van der Waals surface area contributed by atoms with E-state index in [9.17, 15) is 0 Å². The van der Waals surface area contributed by atoms with Gasteiger partial charge in [0.25, 0.3) is 0 Å². The lowest BCUT2D eigenvalue weighted by molar-refractivity contribution is 0.0193. The highest BCUT2D eigenvalue weighted by Gasteiger charge is 2.24. The van der Waals surface area contributed by atoms with Crippen LogP contribution < -0.4 is 5.73 Å². The molecule has 0 bridgehead atoms. The molecule has 1 heterocycles. The monoisotopic (exact) mass is 200 g/mol. The quantitative estimate of drug-likeness (QED) is 0.738. The molecule has 0 aromatic rings. The van der Waals surface area contributed by atoms with Gasteiger partial charge < -0.3 is 10.5 Å². The molecule has 0 aliphatic carbocycles. The Hall–Kier alpha value is -0.120. The molecule has 1 aliphatic heterocycles. The first-order chi connectivity index (χ1) is 6.69. The molecular formula is C11H24N2O. The SMILES string of the molecule is COC(C)C(C)N1CCC(CN)CC1. The molecule has 14 heavy (non-hydrogen) atoms. The minimum Gasteiger partial charge on any atom is -0.380 e. The van der Waals surface area contributed by atoms with Crippen LogP contribution in [0.1, 0.15) is 26.7 Å². The van der Waals surface area contributed by atoms with Crippen molar-refractivity contribution in [1.82, 2.24) is 4.90 Å². The number of hydrogen-bond donors (Lipinski definition) is 1. The Kier molecular flexibility index (Phi) is 4.85. The van der Waals surface area contributed by atoms with Gasteiger partial charge in [0.2, 0.25) is 0 Å². The van der Waals surface area contributed by atoms with Crippen molar-refractivity contribution in [2.24, 2.45) is 11.7 Å². The number of likely N-dealkylation sites (tertiary alicyclic amines) is 1. The molecule has 1 aliphatic rings. The minimum absolute atomic E-state index is 0.324. The molecule has 1 rings (SSSR count). The first-order valence-electron chi connectivity index (χ1n) is 5.66. The van der Waals surface area contributed by atoms with Crippen molar-refractivity contribution in [2.75, 3.05) is 26.7 Å². The summed E-state index contributed by atoms with van der Waals surface area (Å²) in [7, 11) is 1.79. The molecule has 84 valence electrons. The van der Waals surface area contributed by atoms with Crippen molar-refractivity contribution in [3.63, 3.8) is 0 Å². The second-order valence-corrected chi connectivity index (χ2v) is 4.40. The van der Waals surface area contributed by atoms with Crippen molar-refractivity contribution in [2.45, 2.75) is 38.8 Å². The molecule has 0 saturated carbocycles. The van der Waals surface area contributed by atoms with Gasteiger partial charge in [-0.2, -0.15) is 0 Å². The van der Waals surface area contributed by atoms with E-state index >= 15 is 0 Å². The van der Waals surface area contributed by atoms with Crippen molar-refractivity contribution in [1.29, 1.82) is 0 Å². The van der Waals surface area contributed by atoms with Gasteiger partial charge in [-0.15, -0.1) is 0 Å². The molecule has 2 unspecified atom stereocenters. The van der Waals surface area contributed by atoms with Crippen LogP contribution in [0.4, 0.5) is 0 Å². The molecule has 2 N–H and O–H groups in total. The zero-order valence-electron chi connectivity index (χ0n) is 9.70. The molecule has 0 aromatic carbocycles. The summed E-state index contributed by atoms with van der Waals surface area (Å²) >= 11 is 0. The van der Waals surface area contributed by atoms with Crippen LogP contribution in [0, 0.1) is 5.92 Å². The van der Waals surface area contributed by atoms with Crippen LogP contribution in [0.15, 0.2) is 0 Å². The zero-order valence-corrected chi connectivity index (χ0v) is 9.70. The van der Waals surface area contributed by atoms with E-state index in [4.69, 9.17) is 10.5 Å². The summed E-state index contributed by atoms with van der Waals surface area (Å²) in [5.41, 5.74) is 5.67. The van der Waals surface area contributed by atoms with E-state index in [1.165, 1.54) is 25.9 Å². The first-order valence-corrected chi connectivity index (χ1v) is 5.66. The van der Waals surface area contributed by atoms with Gasteiger partial charge in [0.05, 0.1) is 6.10 Å². The number of piperidine rings is 1. The molecule has 1 fully saturated rings. The van der Waals surface area contributed by atoms with Crippen LogP contribution in [-0.4, -0.2) is 43.8 Å². The molecule has 3 nitrogen and oxygen atoms in total. The second kappa shape index (κ2) is 5.69. The van der Waals surface area contributed by atoms with Crippen LogP contribution >= 0.6 is 0 Å². The van der Waals surface area contributed by atoms with E-state index < -0.39 is 0 Å². The Bertz CT molecular complexity index is 155. The fourth-order valence-electron chi connectivity index (χ4n) is 2.09. The predicted octanol–water partition coefficient (Wildman–Crippen LogP) is 1.08. The van der Waals surface area contributed by atoms with E-state index in [1.54, 1.807) is 7.11 Å². The van der Waals surface area contributed by atoms with Gasteiger partial charge >= 0.3 is 0 Å². The average Bonchev–Trinajstić information content (AvgIpc) is 2.27. The summed E-state index contributed by atoms with van der Waals surface area (Å²) < 4.78 is 5.35. The number of methoxy groups -OCH3 is 1. The normalized spacial score (nSPS) is 24.9. The lowest BCUT2D eigenvalue weighted by Crippen LogP contribution is -2.46. The highest BCUT2D eigenvalue weighted by molar-refractivity contribution is 4.79. The van der Waals surface area contributed by atoms with Crippen LogP contribution in [0.3, 0.4) is 0 Å². The standard InChI is InChI=1S/C11H24N2O/c1-9(10(2)14-3)13-6-4-11(8-12)5-7-13/h9-11H,4-8,12H2,1-3H3. The summed E-state index contributed by atoms with van der Waals surface area (Å²) in [6.45, 7) is 7.59. The summed E-state index contributed by atoms with van der Waals surface area (Å²) in [5.74, 6) is 0.747. The fraction of sp³-hybridized carbons (Fsp3) is 1.00. The second-order valence-electron chi connectivity index (χ2n) is 4.40. The Labute approximate surface area is 87.6 Å². The van der Waals surface area contributed by atoms with Gasteiger partial charge in [0, 0.05) is 13.2 Å². The smallest absolute Gasteiger partial charge is 0.0695 e. The van der Waals surface area contributed by atoms with Crippen molar-refractivity contribution in [3.05, 3.63) is 0 Å². The third kappa shape index (κ3) is 2.94. The van der Waals surface area contributed by atoms with Crippen LogP contribution in [0.5, 0.6) is 0 Å². The van der Waals surface area contributed by atoms with Crippen LogP contribution in [-0.2, 0) is 4.74 Å². The summed E-state index contributed by atoms with van der Waals surface area (Å²) in [6.07, 6.45) is 2.82. The van der Waals surface area contributed by atoms with Gasteiger partial charge in [0.15, 0.2) is 0 Å². The Morgan fingerprint density at radius 2 is 1.93 bits per heavy atom. The topological polar surface area (TPSA) is 38.5 Å². The van der Waals surface area contributed by atoms with E-state index in [0.29, 0.717) is 12.1 Å². The van der Waals surface area contributed by atoms with Gasteiger partial charge in [-0.25, -0.2) is 0 Å². The van der Waals surface area contributed by atoms with E-state index in [-0.39, 0.29) is 0 Å². The Morgan fingerprint density at radius 3 is 2.36 bits per heavy atom. The first kappa shape index (κ1) is 12.0. The number of ether oxygens (including phenoxy) is 1. The van der Waals surface area contributed by atoms with Gasteiger partial charge in [-0.05, 0) is 52.2 Å². The minimum atomic E-state index is 0.324. The molecule has 1 saturated heterocycles. The lowest BCUT2D eigenvalue weighted by Gasteiger charge is -2.37. The molecular weight excluding hydrogens is 176 g/mol. The maximum atomic E-state index is 5.67. The number of nitrogens with two attached hydrogens (primary N) is 1. The third-order valence-corrected chi connectivity index (χ3v) is 3.61. The van der Waals surface area contributed by atoms with Crippen LogP contribution in [0.2, 0.25) is 0 Å². The maximum absolute atomic E-state index is 5.67. The van der Waals surface area contributed by atoms with Crippen molar-refractivity contribution >= 4 is 0 Å². The van der Waals surface area contributed by atoms with E-state index in [2.05, 4.69) is 18.7 Å². The van der Waals surface area contributed by atoms with Crippen LogP contribution in [0.25, 0.3) is 0 Å². The van der Waals surface area contributed by atoms with Crippen molar-refractivity contribution in [3.8, 4) is 0 Å². The largest absolute Gasteiger partial charge is 0.380 e. The highest BCUT2D eigenvalue weighted by atomic mass is 16.5. The van der Waals surface area contributed by atoms with Gasteiger partial charge in [-0.3, -0.25) is 4.90 Å². The number of nitrogens with zero attached hydrogens (tertiary/aromatic N) is 1. The molecule has 0 aromatic heterocycles. The summed E-state index contributed by atoms with van der Waals surface area (Å²) in [6, 6.07) is 0.527.